The van der Waals surface area contributed by atoms with E-state index >= 15 is 0 Å². The normalized spacial score (nSPS) is 21.1. The van der Waals surface area contributed by atoms with Gasteiger partial charge in [0.15, 0.2) is 0 Å². The summed E-state index contributed by atoms with van der Waals surface area (Å²) >= 11 is 3.55. The summed E-state index contributed by atoms with van der Waals surface area (Å²) in [5.74, 6) is 0. The number of rotatable bonds is 1. The summed E-state index contributed by atoms with van der Waals surface area (Å²) in [4.78, 5) is 2.63. The molecule has 0 amide bonds. The second kappa shape index (κ2) is 3.91. The Kier molecular flexibility index (Phi) is 2.62. The molecule has 1 aliphatic heterocycles. The number of fused-ring (bicyclic) bond motifs is 1. The van der Waals surface area contributed by atoms with Crippen LogP contribution in [0.2, 0.25) is 0 Å². The predicted molar refractivity (Wildman–Crippen MR) is 76.8 cm³/mol. The van der Waals surface area contributed by atoms with Crippen molar-refractivity contribution in [2.24, 2.45) is 0 Å². The number of anilines is 2. The maximum Gasteiger partial charge on any atom is 0.0610 e. The molecule has 1 heterocycles. The van der Waals surface area contributed by atoms with Crippen molar-refractivity contribution in [1.29, 1.82) is 0 Å². The number of benzene rings is 1. The monoisotopic (exact) mass is 294 g/mol. The van der Waals surface area contributed by atoms with Gasteiger partial charge >= 0.3 is 0 Å². The summed E-state index contributed by atoms with van der Waals surface area (Å²) in [7, 11) is 0. The van der Waals surface area contributed by atoms with Gasteiger partial charge in [-0.3, -0.25) is 0 Å². The lowest BCUT2D eigenvalue weighted by Gasteiger charge is -2.56. The Balaban J connectivity index is 2.06. The van der Waals surface area contributed by atoms with Crippen LogP contribution in [0.5, 0.6) is 0 Å². The molecule has 2 nitrogen and oxygen atoms in total. The molecule has 3 heteroatoms. The van der Waals surface area contributed by atoms with Crippen LogP contribution < -0.4 is 10.2 Å². The van der Waals surface area contributed by atoms with E-state index in [1.54, 1.807) is 0 Å². The average molecular weight is 295 g/mol. The Hall–Kier alpha value is -0.700. The van der Waals surface area contributed by atoms with Gasteiger partial charge in [0.2, 0.25) is 0 Å². The van der Waals surface area contributed by atoms with Gasteiger partial charge in [-0.15, -0.1) is 0 Å². The molecule has 0 radical (unpaired) electrons. The second-order valence-electron chi connectivity index (χ2n) is 5.56. The van der Waals surface area contributed by atoms with Gasteiger partial charge in [0.25, 0.3) is 0 Å². The van der Waals surface area contributed by atoms with Crippen molar-refractivity contribution < 1.29 is 0 Å². The second-order valence-corrected chi connectivity index (χ2v) is 6.47. The van der Waals surface area contributed by atoms with Crippen molar-refractivity contribution in [3.63, 3.8) is 0 Å². The quantitative estimate of drug-likeness (QED) is 0.842. The lowest BCUT2D eigenvalue weighted by Crippen LogP contribution is -2.62. The van der Waals surface area contributed by atoms with Gasteiger partial charge in [-0.2, -0.15) is 0 Å². The molecule has 0 aromatic heterocycles. The zero-order valence-electron chi connectivity index (χ0n) is 10.5. The zero-order valence-corrected chi connectivity index (χ0v) is 12.0. The molecule has 0 unspecified atom stereocenters. The third kappa shape index (κ3) is 1.67. The number of nitrogens with zero attached hydrogens (tertiary/aromatic N) is 1. The number of halogens is 1. The Labute approximate surface area is 112 Å². The molecule has 3 rings (SSSR count). The first kappa shape index (κ1) is 11.4. The predicted octanol–water partition coefficient (Wildman–Crippen LogP) is 4.01. The summed E-state index contributed by atoms with van der Waals surface area (Å²) in [6, 6.07) is 7.15. The Morgan fingerprint density at radius 2 is 2.12 bits per heavy atom. The summed E-state index contributed by atoms with van der Waals surface area (Å²) in [5, 5.41) is 3.61. The van der Waals surface area contributed by atoms with Crippen LogP contribution in [0.25, 0.3) is 0 Å². The molecule has 0 atom stereocenters. The molecular weight excluding hydrogens is 276 g/mol. The Bertz CT molecular complexity index is 438. The molecular formula is C14H19BrN2. The minimum Gasteiger partial charge on any atom is -0.381 e. The smallest absolute Gasteiger partial charge is 0.0610 e. The van der Waals surface area contributed by atoms with Crippen LogP contribution in [0.1, 0.15) is 33.1 Å². The van der Waals surface area contributed by atoms with Crippen LogP contribution in [0, 0.1) is 0 Å². The lowest BCUT2D eigenvalue weighted by atomic mass is 9.73. The molecule has 1 N–H and O–H groups in total. The first-order chi connectivity index (χ1) is 8.12. The average Bonchev–Trinajstić information content (AvgIpc) is 2.24. The van der Waals surface area contributed by atoms with Crippen molar-refractivity contribution in [2.75, 3.05) is 16.8 Å². The Morgan fingerprint density at radius 3 is 2.71 bits per heavy atom. The van der Waals surface area contributed by atoms with E-state index in [0.29, 0.717) is 11.6 Å². The van der Waals surface area contributed by atoms with Gasteiger partial charge in [-0.05, 0) is 51.3 Å². The number of hydrogen-bond acceptors (Lipinski definition) is 2. The maximum absolute atomic E-state index is 3.61. The summed E-state index contributed by atoms with van der Waals surface area (Å²) in [6.07, 6.45) is 4.03. The summed E-state index contributed by atoms with van der Waals surface area (Å²) in [5.41, 5.74) is 3.02. The molecule has 1 aromatic rings. The van der Waals surface area contributed by atoms with Crippen LogP contribution in [-0.2, 0) is 0 Å². The van der Waals surface area contributed by atoms with Crippen molar-refractivity contribution in [1.82, 2.24) is 0 Å². The highest BCUT2D eigenvalue weighted by atomic mass is 79.9. The van der Waals surface area contributed by atoms with Crippen molar-refractivity contribution >= 4 is 27.3 Å². The van der Waals surface area contributed by atoms with Crippen LogP contribution in [-0.4, -0.2) is 18.1 Å². The van der Waals surface area contributed by atoms with Crippen LogP contribution in [0.4, 0.5) is 11.4 Å². The first-order valence-corrected chi connectivity index (χ1v) is 7.24. The minimum absolute atomic E-state index is 0.384. The molecule has 1 aliphatic carbocycles. The Morgan fingerprint density at radius 1 is 1.35 bits per heavy atom. The van der Waals surface area contributed by atoms with E-state index in [1.807, 2.05) is 0 Å². The van der Waals surface area contributed by atoms with E-state index in [2.05, 4.69) is 58.2 Å². The van der Waals surface area contributed by atoms with Gasteiger partial charge in [-0.25, -0.2) is 0 Å². The van der Waals surface area contributed by atoms with Gasteiger partial charge in [-0.1, -0.05) is 15.9 Å². The standard InChI is InChI=1S/C14H19BrN2/c1-10(2)17-13-5-4-11(15)8-12(13)16-9-14(17)6-3-7-14/h4-5,8,10,16H,3,6-7,9H2,1-2H3. The highest BCUT2D eigenvalue weighted by Crippen LogP contribution is 2.47. The summed E-state index contributed by atoms with van der Waals surface area (Å²) in [6.45, 7) is 5.70. The third-order valence-corrected chi connectivity index (χ3v) is 4.63. The van der Waals surface area contributed by atoms with Gasteiger partial charge in [0, 0.05) is 17.1 Å². The van der Waals surface area contributed by atoms with E-state index in [-0.39, 0.29) is 0 Å². The fourth-order valence-corrected chi connectivity index (χ4v) is 3.65. The molecule has 17 heavy (non-hydrogen) atoms. The first-order valence-electron chi connectivity index (χ1n) is 6.45. The topological polar surface area (TPSA) is 15.3 Å². The van der Waals surface area contributed by atoms with Crippen molar-refractivity contribution in [3.05, 3.63) is 22.7 Å². The lowest BCUT2D eigenvalue weighted by molar-refractivity contribution is 0.226. The van der Waals surface area contributed by atoms with E-state index in [1.165, 1.54) is 30.6 Å². The van der Waals surface area contributed by atoms with Gasteiger partial charge in [0.1, 0.15) is 0 Å². The fourth-order valence-electron chi connectivity index (χ4n) is 3.29. The highest BCUT2D eigenvalue weighted by Gasteiger charge is 2.46. The molecule has 1 fully saturated rings. The molecule has 0 saturated heterocycles. The zero-order chi connectivity index (χ0) is 12.0. The van der Waals surface area contributed by atoms with Gasteiger partial charge in [0.05, 0.1) is 16.9 Å². The number of nitrogens with one attached hydrogen (secondary N) is 1. The largest absolute Gasteiger partial charge is 0.381 e. The molecule has 0 bridgehead atoms. The third-order valence-electron chi connectivity index (χ3n) is 4.14. The van der Waals surface area contributed by atoms with Crippen LogP contribution >= 0.6 is 15.9 Å². The SMILES string of the molecule is CC(C)N1c2ccc(Br)cc2NCC12CCC2. The van der Waals surface area contributed by atoms with Crippen molar-refractivity contribution in [2.45, 2.75) is 44.7 Å². The highest BCUT2D eigenvalue weighted by molar-refractivity contribution is 9.10. The minimum atomic E-state index is 0.384. The van der Waals surface area contributed by atoms with E-state index in [0.717, 1.165) is 11.0 Å². The molecule has 2 aliphatic rings. The molecule has 92 valence electrons. The van der Waals surface area contributed by atoms with E-state index in [9.17, 15) is 0 Å². The summed E-state index contributed by atoms with van der Waals surface area (Å²) < 4.78 is 1.15. The molecule has 1 saturated carbocycles. The van der Waals surface area contributed by atoms with Crippen LogP contribution in [0.3, 0.4) is 0 Å². The van der Waals surface area contributed by atoms with Gasteiger partial charge < -0.3 is 10.2 Å². The van der Waals surface area contributed by atoms with E-state index < -0.39 is 0 Å². The molecule has 1 spiro atoms. The van der Waals surface area contributed by atoms with Crippen molar-refractivity contribution in [3.8, 4) is 0 Å². The van der Waals surface area contributed by atoms with E-state index in [4.69, 9.17) is 0 Å². The maximum atomic E-state index is 3.61. The number of hydrogen-bond donors (Lipinski definition) is 1. The fraction of sp³-hybridized carbons (Fsp3) is 0.571. The molecule has 1 aromatic carbocycles. The van der Waals surface area contributed by atoms with Crippen LogP contribution in [0.15, 0.2) is 22.7 Å².